The number of nitrogens with one attached hydrogen (secondary N) is 1. The van der Waals surface area contributed by atoms with Crippen LogP contribution in [0, 0.1) is 6.92 Å². The van der Waals surface area contributed by atoms with E-state index in [2.05, 4.69) is 15.5 Å². The highest BCUT2D eigenvalue weighted by Gasteiger charge is 2.35. The molecule has 0 unspecified atom stereocenters. The molecule has 1 heterocycles. The quantitative estimate of drug-likeness (QED) is 0.208. The van der Waals surface area contributed by atoms with Crippen molar-refractivity contribution in [1.82, 2.24) is 15.0 Å². The van der Waals surface area contributed by atoms with Crippen molar-refractivity contribution >= 4 is 11.7 Å². The summed E-state index contributed by atoms with van der Waals surface area (Å²) < 4.78 is 63.7. The van der Waals surface area contributed by atoms with Gasteiger partial charge in [-0.1, -0.05) is 19.4 Å². The number of benzene rings is 2. The van der Waals surface area contributed by atoms with Gasteiger partial charge in [0.2, 0.25) is 0 Å². The number of carbonyl (C=O) groups excluding carboxylic acids is 1. The first kappa shape index (κ1) is 29.9. The second-order valence-electron chi connectivity index (χ2n) is 8.84. The third-order valence-electron chi connectivity index (χ3n) is 5.81. The smallest absolute Gasteiger partial charge is 0.419 e. The lowest BCUT2D eigenvalue weighted by molar-refractivity contribution is -0.138. The molecule has 0 aliphatic heterocycles. The molecule has 0 saturated carbocycles. The molecule has 0 aliphatic rings. The van der Waals surface area contributed by atoms with Crippen LogP contribution in [0.1, 0.15) is 46.8 Å². The van der Waals surface area contributed by atoms with Crippen LogP contribution in [-0.4, -0.2) is 61.0 Å². The van der Waals surface area contributed by atoms with Crippen molar-refractivity contribution in [2.75, 3.05) is 39.4 Å². The summed E-state index contributed by atoms with van der Waals surface area (Å²) in [7, 11) is 3.09. The second kappa shape index (κ2) is 13.9. The number of esters is 1. The Kier molecular flexibility index (Phi) is 10.7. The van der Waals surface area contributed by atoms with Gasteiger partial charge in [0, 0.05) is 25.5 Å². The van der Waals surface area contributed by atoms with Gasteiger partial charge in [0.25, 0.3) is 0 Å². The fourth-order valence-electron chi connectivity index (χ4n) is 3.91. The Morgan fingerprint density at radius 3 is 2.33 bits per heavy atom. The molecule has 0 saturated heterocycles. The van der Waals surface area contributed by atoms with Crippen molar-refractivity contribution < 1.29 is 36.9 Å². The Morgan fingerprint density at radius 1 is 1.05 bits per heavy atom. The number of nitrogens with zero attached hydrogens (tertiary/aromatic N) is 3. The number of methoxy groups -OCH3 is 2. The minimum absolute atomic E-state index is 0.0631. The normalized spacial score (nSPS) is 11.6. The number of hydrogen-bond acceptors (Lipinski definition) is 8. The molecule has 9 nitrogen and oxygen atoms in total. The summed E-state index contributed by atoms with van der Waals surface area (Å²) in [4.78, 5) is 14.4. The van der Waals surface area contributed by atoms with Gasteiger partial charge in [-0.15, -0.1) is 0 Å². The standard InChI is InChI=1S/C27H33F3N4O5/c1-5-6-13-38-26(35)25-18(2)23(10-8-22(25)33-20(16-36-3)17-37-4)39-24-9-7-19(14-21(24)27(28,29)30)15-34-31-11-12-32-34/h7-12,14,20,33H,5-6,13,15-17H2,1-4H3. The van der Waals surface area contributed by atoms with Gasteiger partial charge in [0.05, 0.1) is 55.9 Å². The molecule has 0 amide bonds. The zero-order chi connectivity index (χ0) is 28.4. The Bertz CT molecular complexity index is 1210. The second-order valence-corrected chi connectivity index (χ2v) is 8.84. The van der Waals surface area contributed by atoms with Crippen LogP contribution >= 0.6 is 0 Å². The first-order valence-electron chi connectivity index (χ1n) is 12.4. The van der Waals surface area contributed by atoms with Crippen LogP contribution in [0.4, 0.5) is 18.9 Å². The zero-order valence-electron chi connectivity index (χ0n) is 22.4. The summed E-state index contributed by atoms with van der Waals surface area (Å²) in [6.07, 6.45) is -0.290. The van der Waals surface area contributed by atoms with Crippen LogP contribution in [0.2, 0.25) is 0 Å². The predicted octanol–water partition coefficient (Wildman–Crippen LogP) is 5.48. The van der Waals surface area contributed by atoms with Gasteiger partial charge in [-0.2, -0.15) is 28.2 Å². The molecule has 0 spiro atoms. The van der Waals surface area contributed by atoms with Crippen LogP contribution in [0.25, 0.3) is 0 Å². The lowest BCUT2D eigenvalue weighted by atomic mass is 10.0. The summed E-state index contributed by atoms with van der Waals surface area (Å²) in [5, 5.41) is 11.1. The maximum absolute atomic E-state index is 14.0. The number of aromatic nitrogens is 3. The van der Waals surface area contributed by atoms with Crippen LogP contribution in [0.5, 0.6) is 11.5 Å². The largest absolute Gasteiger partial charge is 0.462 e. The van der Waals surface area contributed by atoms with E-state index in [0.29, 0.717) is 36.4 Å². The highest BCUT2D eigenvalue weighted by Crippen LogP contribution is 2.40. The molecule has 12 heteroatoms. The molecule has 3 rings (SSSR count). The number of halogens is 3. The molecule has 0 radical (unpaired) electrons. The number of unbranched alkanes of at least 4 members (excludes halogenated alkanes) is 1. The Balaban J connectivity index is 1.98. The average molecular weight is 551 g/mol. The van der Waals surface area contributed by atoms with E-state index in [1.807, 2.05) is 6.92 Å². The van der Waals surface area contributed by atoms with Crippen molar-refractivity contribution in [3.63, 3.8) is 0 Å². The average Bonchev–Trinajstić information content (AvgIpc) is 3.39. The monoisotopic (exact) mass is 550 g/mol. The van der Waals surface area contributed by atoms with Gasteiger partial charge < -0.3 is 24.3 Å². The molecule has 0 bridgehead atoms. The molecular formula is C27H33F3N4O5. The van der Waals surface area contributed by atoms with Crippen LogP contribution in [-0.2, 0) is 26.9 Å². The molecule has 0 atom stereocenters. The molecule has 2 aromatic carbocycles. The Morgan fingerprint density at radius 2 is 1.72 bits per heavy atom. The summed E-state index contributed by atoms with van der Waals surface area (Å²) >= 11 is 0. The number of ether oxygens (including phenoxy) is 4. The molecule has 0 fully saturated rings. The van der Waals surface area contributed by atoms with Gasteiger partial charge >= 0.3 is 12.1 Å². The Hall–Kier alpha value is -3.64. The minimum Gasteiger partial charge on any atom is -0.462 e. The highest BCUT2D eigenvalue weighted by atomic mass is 19.4. The summed E-state index contributed by atoms with van der Waals surface area (Å²) in [5.74, 6) is -0.920. The maximum atomic E-state index is 14.0. The topological polar surface area (TPSA) is 96.7 Å². The van der Waals surface area contributed by atoms with Gasteiger partial charge in [0.15, 0.2) is 0 Å². The van der Waals surface area contributed by atoms with Crippen LogP contribution in [0.15, 0.2) is 42.7 Å². The van der Waals surface area contributed by atoms with E-state index >= 15 is 0 Å². The van der Waals surface area contributed by atoms with E-state index in [4.69, 9.17) is 18.9 Å². The lowest BCUT2D eigenvalue weighted by Crippen LogP contribution is -2.30. The Labute approximate surface area is 225 Å². The van der Waals surface area contributed by atoms with Crippen molar-refractivity contribution in [2.45, 2.75) is 45.5 Å². The van der Waals surface area contributed by atoms with Crippen molar-refractivity contribution in [3.8, 4) is 11.5 Å². The number of hydrogen-bond donors (Lipinski definition) is 1. The van der Waals surface area contributed by atoms with Gasteiger partial charge in [-0.25, -0.2) is 4.79 Å². The fourth-order valence-corrected chi connectivity index (χ4v) is 3.91. The van der Waals surface area contributed by atoms with Gasteiger partial charge in [-0.05, 0) is 43.2 Å². The molecule has 212 valence electrons. The summed E-state index contributed by atoms with van der Waals surface area (Å²) in [6, 6.07) is 6.56. The molecule has 0 aliphatic carbocycles. The fraction of sp³-hybridized carbons (Fsp3) is 0.444. The number of rotatable bonds is 14. The molecular weight excluding hydrogens is 517 g/mol. The first-order valence-corrected chi connectivity index (χ1v) is 12.4. The van der Waals surface area contributed by atoms with Crippen molar-refractivity contribution in [1.29, 1.82) is 0 Å². The van der Waals surface area contributed by atoms with Crippen molar-refractivity contribution in [2.24, 2.45) is 0 Å². The zero-order valence-corrected chi connectivity index (χ0v) is 22.4. The maximum Gasteiger partial charge on any atom is 0.419 e. The molecule has 3 aromatic rings. The third kappa shape index (κ3) is 8.17. The van der Waals surface area contributed by atoms with Crippen LogP contribution in [0.3, 0.4) is 0 Å². The van der Waals surface area contributed by atoms with Crippen LogP contribution < -0.4 is 10.1 Å². The van der Waals surface area contributed by atoms with E-state index in [9.17, 15) is 18.0 Å². The SMILES string of the molecule is CCCCOC(=O)c1c(NC(COC)COC)ccc(Oc2ccc(Cn3nccn3)cc2C(F)(F)F)c1C. The number of carbonyl (C=O) groups is 1. The number of alkyl halides is 3. The minimum atomic E-state index is -4.69. The van der Waals surface area contributed by atoms with Gasteiger partial charge in [-0.3, -0.25) is 0 Å². The van der Waals surface area contributed by atoms with E-state index in [1.165, 1.54) is 35.4 Å². The predicted molar refractivity (Wildman–Crippen MR) is 138 cm³/mol. The van der Waals surface area contributed by atoms with E-state index in [1.54, 1.807) is 27.2 Å². The van der Waals surface area contributed by atoms with Gasteiger partial charge in [0.1, 0.15) is 11.5 Å². The van der Waals surface area contributed by atoms with E-state index in [0.717, 1.165) is 12.5 Å². The first-order chi connectivity index (χ1) is 18.7. The van der Waals surface area contributed by atoms with E-state index in [-0.39, 0.29) is 30.5 Å². The van der Waals surface area contributed by atoms with E-state index < -0.39 is 23.5 Å². The summed E-state index contributed by atoms with van der Waals surface area (Å²) in [5.41, 5.74) is 0.313. The molecule has 39 heavy (non-hydrogen) atoms. The lowest BCUT2D eigenvalue weighted by Gasteiger charge is -2.23. The van der Waals surface area contributed by atoms with Crippen molar-refractivity contribution in [3.05, 3.63) is 65.0 Å². The summed E-state index contributed by atoms with van der Waals surface area (Å²) in [6.45, 7) is 4.44. The molecule has 1 N–H and O–H groups in total. The number of anilines is 1. The third-order valence-corrected chi connectivity index (χ3v) is 5.81. The highest BCUT2D eigenvalue weighted by molar-refractivity contribution is 5.98. The molecule has 1 aromatic heterocycles.